The molecule has 138 valence electrons. The Balaban J connectivity index is 1.72. The lowest BCUT2D eigenvalue weighted by Crippen LogP contribution is -2.37. The summed E-state index contributed by atoms with van der Waals surface area (Å²) in [7, 11) is 0. The van der Waals surface area contributed by atoms with Gasteiger partial charge < -0.3 is 24.8 Å². The van der Waals surface area contributed by atoms with Crippen LogP contribution in [0.4, 0.5) is 11.9 Å². The van der Waals surface area contributed by atoms with E-state index in [-0.39, 0.29) is 17.6 Å². The van der Waals surface area contributed by atoms with Gasteiger partial charge in [0.1, 0.15) is 6.10 Å². The Labute approximate surface area is 149 Å². The molecule has 0 aromatic carbocycles. The Morgan fingerprint density at radius 3 is 2.81 bits per heavy atom. The number of morpholine rings is 1. The normalized spacial score (nSPS) is 20.3. The SMILES string of the molecule is Nc1ncc(-c2cc(O[C@H]3CCOC3)nc(N3CCOCC3)n2)c(=O)[nH]1. The van der Waals surface area contributed by atoms with Crippen molar-refractivity contribution in [2.75, 3.05) is 50.2 Å². The Bertz CT molecular complexity index is 830. The van der Waals surface area contributed by atoms with Crippen LogP contribution >= 0.6 is 0 Å². The van der Waals surface area contributed by atoms with E-state index in [1.165, 1.54) is 6.20 Å². The van der Waals surface area contributed by atoms with Crippen LogP contribution in [0.25, 0.3) is 11.3 Å². The minimum absolute atomic E-state index is 0.0563. The third-order valence-electron chi connectivity index (χ3n) is 4.26. The molecule has 1 atom stereocenters. The number of ether oxygens (including phenoxy) is 3. The van der Waals surface area contributed by atoms with Crippen molar-refractivity contribution >= 4 is 11.9 Å². The van der Waals surface area contributed by atoms with Gasteiger partial charge in [0, 0.05) is 31.8 Å². The highest BCUT2D eigenvalue weighted by Crippen LogP contribution is 2.24. The topological polar surface area (TPSA) is 128 Å². The fourth-order valence-corrected chi connectivity index (χ4v) is 2.88. The summed E-state index contributed by atoms with van der Waals surface area (Å²) >= 11 is 0. The molecule has 0 amide bonds. The molecular weight excluding hydrogens is 340 g/mol. The quantitative estimate of drug-likeness (QED) is 0.762. The van der Waals surface area contributed by atoms with Crippen molar-refractivity contribution in [2.24, 2.45) is 0 Å². The molecule has 2 saturated heterocycles. The van der Waals surface area contributed by atoms with E-state index in [1.807, 2.05) is 4.90 Å². The lowest BCUT2D eigenvalue weighted by Gasteiger charge is -2.27. The molecule has 4 rings (SSSR count). The number of aromatic nitrogens is 4. The van der Waals surface area contributed by atoms with Crippen LogP contribution in [-0.4, -0.2) is 65.6 Å². The molecule has 2 aliphatic heterocycles. The molecule has 0 spiro atoms. The molecule has 0 saturated carbocycles. The van der Waals surface area contributed by atoms with E-state index >= 15 is 0 Å². The van der Waals surface area contributed by atoms with Crippen LogP contribution < -0.4 is 20.9 Å². The number of nitrogen functional groups attached to an aromatic ring is 1. The smallest absolute Gasteiger partial charge is 0.261 e. The maximum Gasteiger partial charge on any atom is 0.261 e. The minimum atomic E-state index is -0.362. The predicted molar refractivity (Wildman–Crippen MR) is 93.2 cm³/mol. The molecule has 3 N–H and O–H groups in total. The van der Waals surface area contributed by atoms with Crippen molar-refractivity contribution in [1.82, 2.24) is 19.9 Å². The van der Waals surface area contributed by atoms with Crippen LogP contribution in [0.15, 0.2) is 17.1 Å². The van der Waals surface area contributed by atoms with E-state index in [2.05, 4.69) is 19.9 Å². The van der Waals surface area contributed by atoms with Crippen molar-refractivity contribution in [1.29, 1.82) is 0 Å². The third kappa shape index (κ3) is 3.60. The summed E-state index contributed by atoms with van der Waals surface area (Å²) in [5.74, 6) is 0.958. The highest BCUT2D eigenvalue weighted by molar-refractivity contribution is 5.60. The van der Waals surface area contributed by atoms with Gasteiger partial charge in [-0.05, 0) is 0 Å². The Kier molecular flexibility index (Phi) is 4.67. The van der Waals surface area contributed by atoms with Gasteiger partial charge in [-0.1, -0.05) is 0 Å². The number of aromatic amines is 1. The molecule has 0 bridgehead atoms. The van der Waals surface area contributed by atoms with E-state index in [4.69, 9.17) is 19.9 Å². The second-order valence-corrected chi connectivity index (χ2v) is 6.11. The minimum Gasteiger partial charge on any atom is -0.472 e. The number of rotatable bonds is 4. The number of anilines is 2. The Morgan fingerprint density at radius 1 is 1.23 bits per heavy atom. The molecule has 10 nitrogen and oxygen atoms in total. The molecule has 10 heteroatoms. The lowest BCUT2D eigenvalue weighted by molar-refractivity contribution is 0.121. The van der Waals surface area contributed by atoms with Crippen molar-refractivity contribution in [2.45, 2.75) is 12.5 Å². The monoisotopic (exact) mass is 360 g/mol. The molecule has 0 radical (unpaired) electrons. The van der Waals surface area contributed by atoms with Gasteiger partial charge in [-0.15, -0.1) is 0 Å². The van der Waals surface area contributed by atoms with Gasteiger partial charge in [0.05, 0.1) is 37.7 Å². The summed E-state index contributed by atoms with van der Waals surface area (Å²) in [4.78, 5) is 29.8. The van der Waals surface area contributed by atoms with E-state index in [1.54, 1.807) is 6.07 Å². The van der Waals surface area contributed by atoms with E-state index in [9.17, 15) is 4.79 Å². The molecule has 2 aromatic rings. The number of nitrogens with zero attached hydrogens (tertiary/aromatic N) is 4. The first-order chi connectivity index (χ1) is 12.7. The zero-order valence-corrected chi connectivity index (χ0v) is 14.2. The number of hydrogen-bond donors (Lipinski definition) is 2. The second-order valence-electron chi connectivity index (χ2n) is 6.11. The number of hydrogen-bond acceptors (Lipinski definition) is 9. The second kappa shape index (κ2) is 7.26. The summed E-state index contributed by atoms with van der Waals surface area (Å²) < 4.78 is 16.7. The van der Waals surface area contributed by atoms with Crippen LogP contribution in [0.5, 0.6) is 5.88 Å². The average molecular weight is 360 g/mol. The van der Waals surface area contributed by atoms with Crippen LogP contribution in [0.3, 0.4) is 0 Å². The highest BCUT2D eigenvalue weighted by Gasteiger charge is 2.22. The highest BCUT2D eigenvalue weighted by atomic mass is 16.5. The molecule has 26 heavy (non-hydrogen) atoms. The summed E-state index contributed by atoms with van der Waals surface area (Å²) in [5.41, 5.74) is 5.91. The summed E-state index contributed by atoms with van der Waals surface area (Å²) in [6.45, 7) is 3.74. The van der Waals surface area contributed by atoms with Gasteiger partial charge in [0.15, 0.2) is 5.95 Å². The van der Waals surface area contributed by atoms with Crippen LogP contribution in [-0.2, 0) is 9.47 Å². The zero-order valence-electron chi connectivity index (χ0n) is 14.2. The average Bonchev–Trinajstić information content (AvgIpc) is 3.15. The van der Waals surface area contributed by atoms with Gasteiger partial charge in [-0.3, -0.25) is 9.78 Å². The van der Waals surface area contributed by atoms with Gasteiger partial charge in [-0.2, -0.15) is 4.98 Å². The van der Waals surface area contributed by atoms with Crippen molar-refractivity contribution in [3.05, 3.63) is 22.6 Å². The van der Waals surface area contributed by atoms with Gasteiger partial charge in [-0.25, -0.2) is 9.97 Å². The largest absolute Gasteiger partial charge is 0.472 e. The lowest BCUT2D eigenvalue weighted by atomic mass is 10.2. The van der Waals surface area contributed by atoms with Crippen molar-refractivity contribution in [3.63, 3.8) is 0 Å². The predicted octanol–water partition coefficient (Wildman–Crippen LogP) is -0.187. The molecule has 2 fully saturated rings. The molecular formula is C16H20N6O4. The first-order valence-corrected chi connectivity index (χ1v) is 8.50. The van der Waals surface area contributed by atoms with Crippen molar-refractivity contribution < 1.29 is 14.2 Å². The van der Waals surface area contributed by atoms with Gasteiger partial charge in [0.2, 0.25) is 11.8 Å². The molecule has 2 aromatic heterocycles. The van der Waals surface area contributed by atoms with Crippen molar-refractivity contribution in [3.8, 4) is 17.1 Å². The van der Waals surface area contributed by atoms with Crippen LogP contribution in [0.1, 0.15) is 6.42 Å². The third-order valence-corrected chi connectivity index (χ3v) is 4.26. The zero-order chi connectivity index (χ0) is 17.9. The van der Waals surface area contributed by atoms with E-state index < -0.39 is 0 Å². The first-order valence-electron chi connectivity index (χ1n) is 8.50. The van der Waals surface area contributed by atoms with Crippen LogP contribution in [0, 0.1) is 0 Å². The standard InChI is InChI=1S/C16H20N6O4/c17-15-18-8-11(14(23)21-15)12-7-13(26-10-1-4-25-9-10)20-16(19-12)22-2-5-24-6-3-22/h7-8,10H,1-6,9H2,(H3,17,18,21,23)/t10-/m0/s1. The fourth-order valence-electron chi connectivity index (χ4n) is 2.88. The van der Waals surface area contributed by atoms with Gasteiger partial charge in [0.25, 0.3) is 5.56 Å². The fraction of sp³-hybridized carbons (Fsp3) is 0.500. The first kappa shape index (κ1) is 16.7. The molecule has 4 heterocycles. The number of nitrogens with two attached hydrogens (primary N) is 1. The van der Waals surface area contributed by atoms with E-state index in [0.717, 1.165) is 6.42 Å². The maximum absolute atomic E-state index is 12.3. The van der Waals surface area contributed by atoms with E-state index in [0.29, 0.717) is 62.6 Å². The Hall–Kier alpha value is -2.72. The summed E-state index contributed by atoms with van der Waals surface area (Å²) in [5, 5.41) is 0. The summed E-state index contributed by atoms with van der Waals surface area (Å²) in [6, 6.07) is 1.64. The molecule has 2 aliphatic rings. The Morgan fingerprint density at radius 2 is 2.08 bits per heavy atom. The number of H-pyrrole nitrogens is 1. The van der Waals surface area contributed by atoms with Gasteiger partial charge >= 0.3 is 0 Å². The maximum atomic E-state index is 12.3. The number of nitrogens with one attached hydrogen (secondary N) is 1. The van der Waals surface area contributed by atoms with Crippen LogP contribution in [0.2, 0.25) is 0 Å². The molecule has 0 aliphatic carbocycles. The summed E-state index contributed by atoms with van der Waals surface area (Å²) in [6.07, 6.45) is 2.15. The molecule has 0 unspecified atom stereocenters.